The van der Waals surface area contributed by atoms with E-state index in [1.807, 2.05) is 48.5 Å². The van der Waals surface area contributed by atoms with Crippen LogP contribution in [0.3, 0.4) is 0 Å². The average Bonchev–Trinajstić information content (AvgIpc) is 2.44. The van der Waals surface area contributed by atoms with E-state index in [9.17, 15) is 4.79 Å². The largest absolute Gasteiger partial charge is 0.294 e. The van der Waals surface area contributed by atoms with Crippen LogP contribution in [0.25, 0.3) is 10.9 Å². The lowest BCUT2D eigenvalue weighted by Crippen LogP contribution is -2.21. The Morgan fingerprint density at radius 3 is 2.68 bits per heavy atom. The highest BCUT2D eigenvalue weighted by Crippen LogP contribution is 2.15. The van der Waals surface area contributed by atoms with Gasteiger partial charge in [0.25, 0.3) is 5.56 Å². The standard InChI is InChI=1S/C15H11BrN2O/c16-12-6-7-14-13(8-12)15(19)18(10-17-14)9-11-4-2-1-3-5-11/h1-8,10H,9H2. The van der Waals surface area contributed by atoms with Crippen molar-refractivity contribution in [2.45, 2.75) is 6.54 Å². The second-order valence-corrected chi connectivity index (χ2v) is 5.24. The van der Waals surface area contributed by atoms with E-state index in [4.69, 9.17) is 0 Å². The SMILES string of the molecule is O=c1c2cc(Br)ccc2ncn1Cc1ccccc1. The highest BCUT2D eigenvalue weighted by atomic mass is 79.9. The van der Waals surface area contributed by atoms with Crippen LogP contribution < -0.4 is 5.56 Å². The topological polar surface area (TPSA) is 34.9 Å². The summed E-state index contributed by atoms with van der Waals surface area (Å²) >= 11 is 3.38. The van der Waals surface area contributed by atoms with E-state index < -0.39 is 0 Å². The Morgan fingerprint density at radius 1 is 1.11 bits per heavy atom. The fourth-order valence-electron chi connectivity index (χ4n) is 2.02. The van der Waals surface area contributed by atoms with E-state index in [-0.39, 0.29) is 5.56 Å². The minimum atomic E-state index is -0.0184. The van der Waals surface area contributed by atoms with Gasteiger partial charge in [-0.25, -0.2) is 4.98 Å². The van der Waals surface area contributed by atoms with Crippen molar-refractivity contribution in [3.63, 3.8) is 0 Å². The van der Waals surface area contributed by atoms with Gasteiger partial charge in [-0.1, -0.05) is 46.3 Å². The normalized spacial score (nSPS) is 10.8. The minimum Gasteiger partial charge on any atom is -0.294 e. The second-order valence-electron chi connectivity index (χ2n) is 4.32. The van der Waals surface area contributed by atoms with Gasteiger partial charge in [0.15, 0.2) is 0 Å². The predicted octanol–water partition coefficient (Wildman–Crippen LogP) is 3.21. The summed E-state index contributed by atoms with van der Waals surface area (Å²) in [5.41, 5.74) is 1.79. The summed E-state index contributed by atoms with van der Waals surface area (Å²) in [7, 11) is 0. The fourth-order valence-corrected chi connectivity index (χ4v) is 2.39. The molecule has 0 N–H and O–H groups in total. The average molecular weight is 315 g/mol. The van der Waals surface area contributed by atoms with E-state index in [1.165, 1.54) is 0 Å². The van der Waals surface area contributed by atoms with Crippen molar-refractivity contribution in [3.05, 3.63) is 75.2 Å². The number of hydrogen-bond donors (Lipinski definition) is 0. The third-order valence-electron chi connectivity index (χ3n) is 2.98. The van der Waals surface area contributed by atoms with Crippen LogP contribution in [0.15, 0.2) is 64.1 Å². The van der Waals surface area contributed by atoms with E-state index >= 15 is 0 Å². The molecule has 0 radical (unpaired) electrons. The van der Waals surface area contributed by atoms with E-state index in [0.717, 1.165) is 15.6 Å². The molecule has 94 valence electrons. The molecule has 3 rings (SSSR count). The van der Waals surface area contributed by atoms with Crippen LogP contribution in [-0.2, 0) is 6.54 Å². The number of hydrogen-bond acceptors (Lipinski definition) is 2. The first-order chi connectivity index (χ1) is 9.24. The molecule has 0 unspecified atom stereocenters. The maximum Gasteiger partial charge on any atom is 0.261 e. The zero-order valence-corrected chi connectivity index (χ0v) is 11.7. The van der Waals surface area contributed by atoms with Crippen molar-refractivity contribution in [2.75, 3.05) is 0 Å². The van der Waals surface area contributed by atoms with Gasteiger partial charge in [-0.2, -0.15) is 0 Å². The molecular weight excluding hydrogens is 304 g/mol. The molecule has 0 bridgehead atoms. The maximum atomic E-state index is 12.4. The first-order valence-electron chi connectivity index (χ1n) is 5.93. The van der Waals surface area contributed by atoms with Crippen LogP contribution >= 0.6 is 15.9 Å². The van der Waals surface area contributed by atoms with Crippen LogP contribution in [0.4, 0.5) is 0 Å². The molecule has 0 aliphatic carbocycles. The van der Waals surface area contributed by atoms with Crippen molar-refractivity contribution in [1.29, 1.82) is 0 Å². The van der Waals surface area contributed by atoms with Gasteiger partial charge in [0.2, 0.25) is 0 Å². The molecule has 0 saturated carbocycles. The molecular formula is C15H11BrN2O. The zero-order valence-electron chi connectivity index (χ0n) is 10.1. The van der Waals surface area contributed by atoms with Crippen LogP contribution in [0.1, 0.15) is 5.56 Å². The van der Waals surface area contributed by atoms with Crippen LogP contribution in [0.2, 0.25) is 0 Å². The molecule has 0 aliphatic rings. The number of nitrogens with zero attached hydrogens (tertiary/aromatic N) is 2. The van der Waals surface area contributed by atoms with E-state index in [2.05, 4.69) is 20.9 Å². The molecule has 0 spiro atoms. The van der Waals surface area contributed by atoms with Crippen molar-refractivity contribution in [2.24, 2.45) is 0 Å². The molecule has 0 atom stereocenters. The Bertz CT molecular complexity index is 781. The van der Waals surface area contributed by atoms with E-state index in [0.29, 0.717) is 11.9 Å². The van der Waals surface area contributed by atoms with Gasteiger partial charge in [-0.3, -0.25) is 9.36 Å². The lowest BCUT2D eigenvalue weighted by atomic mass is 10.2. The molecule has 4 heteroatoms. The molecule has 1 aromatic heterocycles. The third kappa shape index (κ3) is 2.44. The van der Waals surface area contributed by atoms with Crippen molar-refractivity contribution < 1.29 is 0 Å². The van der Waals surface area contributed by atoms with Gasteiger partial charge in [0, 0.05) is 4.47 Å². The van der Waals surface area contributed by atoms with Crippen LogP contribution in [0, 0.1) is 0 Å². The number of rotatable bonds is 2. The van der Waals surface area contributed by atoms with Gasteiger partial charge >= 0.3 is 0 Å². The molecule has 0 saturated heterocycles. The lowest BCUT2D eigenvalue weighted by molar-refractivity contribution is 0.748. The van der Waals surface area contributed by atoms with Crippen molar-refractivity contribution in [3.8, 4) is 0 Å². The van der Waals surface area contributed by atoms with E-state index in [1.54, 1.807) is 10.9 Å². The summed E-state index contributed by atoms with van der Waals surface area (Å²) in [5, 5.41) is 0.632. The quantitative estimate of drug-likeness (QED) is 0.728. The Kier molecular flexibility index (Phi) is 3.17. The summed E-state index contributed by atoms with van der Waals surface area (Å²) in [4.78, 5) is 16.7. The van der Waals surface area contributed by atoms with Gasteiger partial charge in [-0.15, -0.1) is 0 Å². The number of fused-ring (bicyclic) bond motifs is 1. The summed E-state index contributed by atoms with van der Waals surface area (Å²) in [6, 6.07) is 15.4. The van der Waals surface area contributed by atoms with Crippen LogP contribution in [-0.4, -0.2) is 9.55 Å². The van der Waals surface area contributed by atoms with Gasteiger partial charge < -0.3 is 0 Å². The summed E-state index contributed by atoms with van der Waals surface area (Å²) in [5.74, 6) is 0. The first kappa shape index (κ1) is 12.1. The zero-order chi connectivity index (χ0) is 13.2. The molecule has 1 heterocycles. The molecule has 0 aliphatic heterocycles. The minimum absolute atomic E-state index is 0.0184. The fraction of sp³-hybridized carbons (Fsp3) is 0.0667. The Balaban J connectivity index is 2.10. The number of aromatic nitrogens is 2. The first-order valence-corrected chi connectivity index (χ1v) is 6.72. The molecule has 3 aromatic rings. The summed E-state index contributed by atoms with van der Waals surface area (Å²) in [6.45, 7) is 0.537. The Hall–Kier alpha value is -1.94. The van der Waals surface area contributed by atoms with Gasteiger partial charge in [-0.05, 0) is 23.8 Å². The summed E-state index contributed by atoms with van der Waals surface area (Å²) in [6.07, 6.45) is 1.60. The van der Waals surface area contributed by atoms with Crippen LogP contribution in [0.5, 0.6) is 0 Å². The molecule has 0 fully saturated rings. The molecule has 19 heavy (non-hydrogen) atoms. The monoisotopic (exact) mass is 314 g/mol. The Labute approximate surface area is 118 Å². The van der Waals surface area contributed by atoms with Gasteiger partial charge in [0.1, 0.15) is 0 Å². The van der Waals surface area contributed by atoms with Crippen molar-refractivity contribution in [1.82, 2.24) is 9.55 Å². The van der Waals surface area contributed by atoms with Crippen molar-refractivity contribution >= 4 is 26.8 Å². The third-order valence-corrected chi connectivity index (χ3v) is 3.48. The second kappa shape index (κ2) is 4.97. The predicted molar refractivity (Wildman–Crippen MR) is 79.2 cm³/mol. The smallest absolute Gasteiger partial charge is 0.261 e. The maximum absolute atomic E-state index is 12.4. The van der Waals surface area contributed by atoms with Gasteiger partial charge in [0.05, 0.1) is 23.8 Å². The summed E-state index contributed by atoms with van der Waals surface area (Å²) < 4.78 is 2.51. The highest BCUT2D eigenvalue weighted by molar-refractivity contribution is 9.10. The number of halogens is 1. The Morgan fingerprint density at radius 2 is 1.89 bits per heavy atom. The molecule has 0 amide bonds. The highest BCUT2D eigenvalue weighted by Gasteiger charge is 2.05. The molecule has 2 aromatic carbocycles. The molecule has 3 nitrogen and oxygen atoms in total. The lowest BCUT2D eigenvalue weighted by Gasteiger charge is -2.06. The number of benzene rings is 2.